The highest BCUT2D eigenvalue weighted by molar-refractivity contribution is 5.81. The summed E-state index contributed by atoms with van der Waals surface area (Å²) in [5.41, 5.74) is 2.44. The number of H-pyrrole nitrogens is 1. The Kier molecular flexibility index (Phi) is 2.95. The number of hydrogen-bond acceptors (Lipinski definition) is 2. The predicted molar refractivity (Wildman–Crippen MR) is 72.8 cm³/mol. The van der Waals surface area contributed by atoms with Gasteiger partial charge in [0.05, 0.1) is 23.0 Å². The molecular formula is C15H11FN2O2. The van der Waals surface area contributed by atoms with E-state index in [2.05, 4.69) is 9.97 Å². The number of imidazole rings is 1. The second-order valence-corrected chi connectivity index (χ2v) is 4.49. The average Bonchev–Trinajstić information content (AvgIpc) is 2.81. The summed E-state index contributed by atoms with van der Waals surface area (Å²) in [6.45, 7) is 0. The second kappa shape index (κ2) is 4.77. The number of nitrogens with zero attached hydrogens (tertiary/aromatic N) is 1. The minimum Gasteiger partial charge on any atom is -0.481 e. The molecule has 2 N–H and O–H groups in total. The van der Waals surface area contributed by atoms with Crippen molar-refractivity contribution in [3.05, 3.63) is 53.8 Å². The first-order chi connectivity index (χ1) is 9.63. The minimum atomic E-state index is -0.891. The molecule has 0 atom stereocenters. The molecule has 100 valence electrons. The van der Waals surface area contributed by atoms with E-state index in [1.54, 1.807) is 36.4 Å². The van der Waals surface area contributed by atoms with Crippen molar-refractivity contribution in [1.82, 2.24) is 9.97 Å². The lowest BCUT2D eigenvalue weighted by molar-refractivity contribution is -0.136. The molecule has 3 rings (SSSR count). The molecule has 0 radical (unpaired) electrons. The third kappa shape index (κ3) is 2.25. The predicted octanol–water partition coefficient (Wildman–Crippen LogP) is 3.00. The first-order valence-electron chi connectivity index (χ1n) is 6.09. The van der Waals surface area contributed by atoms with E-state index in [0.717, 1.165) is 0 Å². The summed E-state index contributed by atoms with van der Waals surface area (Å²) < 4.78 is 13.7. The van der Waals surface area contributed by atoms with Gasteiger partial charge in [0.2, 0.25) is 0 Å². The topological polar surface area (TPSA) is 66.0 Å². The van der Waals surface area contributed by atoms with Crippen molar-refractivity contribution in [3.8, 4) is 11.4 Å². The van der Waals surface area contributed by atoms with Crippen LogP contribution in [0.1, 0.15) is 5.56 Å². The van der Waals surface area contributed by atoms with Crippen LogP contribution in [0.3, 0.4) is 0 Å². The van der Waals surface area contributed by atoms with Crippen LogP contribution in [-0.2, 0) is 11.2 Å². The Hall–Kier alpha value is -2.69. The van der Waals surface area contributed by atoms with Crippen LogP contribution in [0, 0.1) is 5.82 Å². The molecule has 4 nitrogen and oxygen atoms in total. The molecule has 20 heavy (non-hydrogen) atoms. The monoisotopic (exact) mass is 270 g/mol. The zero-order valence-corrected chi connectivity index (χ0v) is 10.4. The molecule has 0 bridgehead atoms. The van der Waals surface area contributed by atoms with E-state index < -0.39 is 5.97 Å². The molecule has 0 amide bonds. The molecule has 0 unspecified atom stereocenters. The number of aliphatic carboxylic acids is 1. The van der Waals surface area contributed by atoms with Gasteiger partial charge in [-0.2, -0.15) is 0 Å². The zero-order chi connectivity index (χ0) is 14.1. The van der Waals surface area contributed by atoms with Crippen molar-refractivity contribution in [1.29, 1.82) is 0 Å². The van der Waals surface area contributed by atoms with Gasteiger partial charge < -0.3 is 10.1 Å². The number of aromatic nitrogens is 2. The summed E-state index contributed by atoms with van der Waals surface area (Å²) in [6.07, 6.45) is -0.0516. The maximum absolute atomic E-state index is 13.7. The second-order valence-electron chi connectivity index (χ2n) is 4.49. The fourth-order valence-electron chi connectivity index (χ4n) is 2.12. The van der Waals surface area contributed by atoms with Crippen molar-refractivity contribution in [2.45, 2.75) is 6.42 Å². The van der Waals surface area contributed by atoms with Gasteiger partial charge in [0, 0.05) is 0 Å². The Morgan fingerprint density at radius 3 is 2.80 bits per heavy atom. The minimum absolute atomic E-state index is 0.0516. The van der Waals surface area contributed by atoms with E-state index in [0.29, 0.717) is 28.0 Å². The summed E-state index contributed by atoms with van der Waals surface area (Å²) in [5.74, 6) is -0.805. The maximum atomic E-state index is 13.7. The van der Waals surface area contributed by atoms with Crippen LogP contribution < -0.4 is 0 Å². The lowest BCUT2D eigenvalue weighted by Gasteiger charge is -1.97. The molecule has 0 spiro atoms. The number of halogens is 1. The molecule has 1 aromatic heterocycles. The van der Waals surface area contributed by atoms with E-state index in [-0.39, 0.29) is 12.2 Å². The Balaban J connectivity index is 2.07. The number of rotatable bonds is 3. The Labute approximate surface area is 113 Å². The molecule has 0 fully saturated rings. The lowest BCUT2D eigenvalue weighted by atomic mass is 10.1. The van der Waals surface area contributed by atoms with E-state index >= 15 is 0 Å². The Morgan fingerprint density at radius 2 is 2.05 bits per heavy atom. The van der Waals surface area contributed by atoms with E-state index in [9.17, 15) is 9.18 Å². The van der Waals surface area contributed by atoms with Crippen LogP contribution in [0.2, 0.25) is 0 Å². The number of carboxylic acid groups (broad SMARTS) is 1. The fraction of sp³-hybridized carbons (Fsp3) is 0.0667. The fourth-order valence-corrected chi connectivity index (χ4v) is 2.12. The average molecular weight is 270 g/mol. The number of benzene rings is 2. The van der Waals surface area contributed by atoms with E-state index in [4.69, 9.17) is 5.11 Å². The van der Waals surface area contributed by atoms with E-state index in [1.807, 2.05) is 0 Å². The lowest BCUT2D eigenvalue weighted by Crippen LogP contribution is -1.99. The van der Waals surface area contributed by atoms with Gasteiger partial charge in [-0.15, -0.1) is 0 Å². The van der Waals surface area contributed by atoms with Gasteiger partial charge in [-0.3, -0.25) is 4.79 Å². The van der Waals surface area contributed by atoms with Crippen molar-refractivity contribution < 1.29 is 14.3 Å². The van der Waals surface area contributed by atoms with E-state index in [1.165, 1.54) is 6.07 Å². The number of nitrogens with one attached hydrogen (secondary N) is 1. The third-order valence-corrected chi connectivity index (χ3v) is 3.03. The van der Waals surface area contributed by atoms with Crippen LogP contribution in [-0.4, -0.2) is 21.0 Å². The highest BCUT2D eigenvalue weighted by atomic mass is 19.1. The molecular weight excluding hydrogens is 259 g/mol. The van der Waals surface area contributed by atoms with Gasteiger partial charge in [-0.05, 0) is 29.8 Å². The molecule has 5 heteroatoms. The van der Waals surface area contributed by atoms with Crippen LogP contribution in [0.25, 0.3) is 22.4 Å². The first kappa shape index (κ1) is 12.3. The highest BCUT2D eigenvalue weighted by Crippen LogP contribution is 2.23. The van der Waals surface area contributed by atoms with Crippen molar-refractivity contribution in [2.75, 3.05) is 0 Å². The number of hydrogen-bond donors (Lipinski definition) is 2. The summed E-state index contributed by atoms with van der Waals surface area (Å²) in [4.78, 5) is 18.0. The molecule has 0 saturated heterocycles. The van der Waals surface area contributed by atoms with Crippen molar-refractivity contribution in [3.63, 3.8) is 0 Å². The summed E-state index contributed by atoms with van der Waals surface area (Å²) in [6, 6.07) is 11.5. The molecule has 2 aromatic carbocycles. The Morgan fingerprint density at radius 1 is 1.25 bits per heavy atom. The SMILES string of the molecule is O=C(O)Cc1ccc2nc(-c3ccccc3F)[nH]c2c1. The first-order valence-corrected chi connectivity index (χ1v) is 6.09. The molecule has 1 heterocycles. The molecule has 0 aliphatic carbocycles. The number of fused-ring (bicyclic) bond motifs is 1. The highest BCUT2D eigenvalue weighted by Gasteiger charge is 2.10. The van der Waals surface area contributed by atoms with Crippen molar-refractivity contribution in [2.24, 2.45) is 0 Å². The van der Waals surface area contributed by atoms with Crippen LogP contribution in [0.4, 0.5) is 4.39 Å². The van der Waals surface area contributed by atoms with Gasteiger partial charge in [0.25, 0.3) is 0 Å². The van der Waals surface area contributed by atoms with Gasteiger partial charge in [-0.1, -0.05) is 18.2 Å². The Bertz CT molecular complexity index is 795. The van der Waals surface area contributed by atoms with Crippen LogP contribution in [0.15, 0.2) is 42.5 Å². The van der Waals surface area contributed by atoms with Gasteiger partial charge in [-0.25, -0.2) is 9.37 Å². The summed E-state index contributed by atoms with van der Waals surface area (Å²) >= 11 is 0. The third-order valence-electron chi connectivity index (χ3n) is 3.03. The van der Waals surface area contributed by atoms with Crippen LogP contribution in [0.5, 0.6) is 0 Å². The summed E-state index contributed by atoms with van der Waals surface area (Å²) in [5, 5.41) is 8.78. The van der Waals surface area contributed by atoms with Crippen molar-refractivity contribution >= 4 is 17.0 Å². The van der Waals surface area contributed by atoms with Gasteiger partial charge in [0.15, 0.2) is 0 Å². The summed E-state index contributed by atoms with van der Waals surface area (Å²) in [7, 11) is 0. The van der Waals surface area contributed by atoms with Crippen LogP contribution >= 0.6 is 0 Å². The molecule has 3 aromatic rings. The largest absolute Gasteiger partial charge is 0.481 e. The smallest absolute Gasteiger partial charge is 0.307 e. The zero-order valence-electron chi connectivity index (χ0n) is 10.4. The molecule has 0 aliphatic heterocycles. The van der Waals surface area contributed by atoms with Gasteiger partial charge in [0.1, 0.15) is 11.6 Å². The maximum Gasteiger partial charge on any atom is 0.307 e. The standard InChI is InChI=1S/C15H11FN2O2/c16-11-4-2-1-3-10(11)15-17-12-6-5-9(8-14(19)20)7-13(12)18-15/h1-7H,8H2,(H,17,18)(H,19,20). The van der Waals surface area contributed by atoms with Gasteiger partial charge >= 0.3 is 5.97 Å². The normalized spacial score (nSPS) is 10.8. The number of carboxylic acids is 1. The molecule has 0 saturated carbocycles. The quantitative estimate of drug-likeness (QED) is 0.768. The molecule has 0 aliphatic rings. The number of carbonyl (C=O) groups is 1. The number of aromatic amines is 1.